The maximum atomic E-state index is 12.8. The van der Waals surface area contributed by atoms with Crippen LogP contribution in [0.3, 0.4) is 0 Å². The Morgan fingerprint density at radius 3 is 1.56 bits per heavy atom. The quantitative estimate of drug-likeness (QED) is 0.0909. The molecule has 0 aliphatic heterocycles. The van der Waals surface area contributed by atoms with Crippen LogP contribution in [0.1, 0.15) is 59.4 Å². The molecule has 0 unspecified atom stereocenters. The lowest BCUT2D eigenvalue weighted by molar-refractivity contribution is -0.141. The highest BCUT2D eigenvalue weighted by molar-refractivity contribution is 7.21. The molecule has 4 aromatic rings. The van der Waals surface area contributed by atoms with E-state index in [1.54, 1.807) is 31.2 Å². The van der Waals surface area contributed by atoms with Gasteiger partial charge in [0.2, 0.25) is 0 Å². The molecule has 0 aliphatic carbocycles. The average molecular weight is 696 g/mol. The second-order valence-electron chi connectivity index (χ2n) is 10.5. The van der Waals surface area contributed by atoms with Gasteiger partial charge in [-0.1, -0.05) is 37.0 Å². The number of carbonyl (C=O) groups is 4. The molecular weight excluding hydrogens is 663 g/mol. The Balaban J connectivity index is 1.44. The van der Waals surface area contributed by atoms with Gasteiger partial charge >= 0.3 is 5.97 Å². The number of carboxylic acid groups (broad SMARTS) is 1. The summed E-state index contributed by atoms with van der Waals surface area (Å²) in [5.74, 6) is -1.18. The van der Waals surface area contributed by atoms with Crippen LogP contribution in [0.5, 0.6) is 23.0 Å². The molecule has 13 heteroatoms. The van der Waals surface area contributed by atoms with E-state index in [1.807, 2.05) is 0 Å². The molecule has 0 spiro atoms. The Hall–Kier alpha value is -3.38. The molecule has 9 nitrogen and oxygen atoms in total. The van der Waals surface area contributed by atoms with Crippen LogP contribution in [0, 0.1) is 11.8 Å². The lowest BCUT2D eigenvalue weighted by Crippen LogP contribution is -2.13. The van der Waals surface area contributed by atoms with Crippen LogP contribution in [0.15, 0.2) is 24.3 Å². The number of methoxy groups -OCH3 is 2. The van der Waals surface area contributed by atoms with Gasteiger partial charge in [0.15, 0.2) is 34.6 Å². The minimum atomic E-state index is -1.03. The number of ether oxygens (including phenoxy) is 4. The summed E-state index contributed by atoms with van der Waals surface area (Å²) in [6.07, 6.45) is 0.444. The number of aliphatic carboxylic acids is 1. The van der Waals surface area contributed by atoms with Crippen LogP contribution < -0.4 is 18.9 Å². The molecule has 45 heavy (non-hydrogen) atoms. The zero-order valence-corrected chi connectivity index (χ0v) is 28.4. The first kappa shape index (κ1) is 34.5. The second-order valence-corrected chi connectivity index (χ2v) is 13.5. The number of carboxylic acids is 1. The number of halogens is 2. The Labute approximate surface area is 277 Å². The summed E-state index contributed by atoms with van der Waals surface area (Å²) < 4.78 is 24.5. The number of carbonyl (C=O) groups excluding carboxylic acids is 3. The number of hydrogen-bond acceptors (Lipinski definition) is 10. The van der Waals surface area contributed by atoms with Crippen molar-refractivity contribution in [2.24, 2.45) is 11.8 Å². The molecule has 2 heterocycles. The number of ketones is 3. The fraction of sp³-hybridized carbons (Fsp3) is 0.375. The van der Waals surface area contributed by atoms with Crippen LogP contribution in [0.2, 0.25) is 10.0 Å². The van der Waals surface area contributed by atoms with E-state index in [-0.39, 0.29) is 54.3 Å². The van der Waals surface area contributed by atoms with E-state index in [2.05, 4.69) is 0 Å². The highest BCUT2D eigenvalue weighted by Crippen LogP contribution is 2.46. The SMILES string of the molecule is COc1cc2sc(C(=O)C[C@H](C)C(C)=O)cc2c(Cl)c1OCCCOc1c(OC)cc2sc(C(=O)C[C@H](C)C(=O)O)cc2c1Cl. The van der Waals surface area contributed by atoms with Gasteiger partial charge in [0.25, 0.3) is 0 Å². The summed E-state index contributed by atoms with van der Waals surface area (Å²) >= 11 is 15.9. The molecule has 2 atom stereocenters. The van der Waals surface area contributed by atoms with E-state index in [4.69, 9.17) is 47.3 Å². The van der Waals surface area contributed by atoms with Gasteiger partial charge in [0.05, 0.1) is 53.2 Å². The predicted octanol–water partition coefficient (Wildman–Crippen LogP) is 8.38. The maximum Gasteiger partial charge on any atom is 0.306 e. The summed E-state index contributed by atoms with van der Waals surface area (Å²) in [7, 11) is 2.99. The third-order valence-electron chi connectivity index (χ3n) is 7.23. The highest BCUT2D eigenvalue weighted by atomic mass is 35.5. The molecule has 2 aromatic carbocycles. The second kappa shape index (κ2) is 14.8. The molecule has 0 bridgehead atoms. The van der Waals surface area contributed by atoms with E-state index in [1.165, 1.54) is 50.7 Å². The van der Waals surface area contributed by atoms with Gasteiger partial charge in [-0.15, -0.1) is 22.7 Å². The molecule has 4 rings (SSSR count). The van der Waals surface area contributed by atoms with Crippen molar-refractivity contribution in [2.45, 2.75) is 40.0 Å². The first-order chi connectivity index (χ1) is 21.4. The van der Waals surface area contributed by atoms with Crippen molar-refractivity contribution in [3.63, 3.8) is 0 Å². The van der Waals surface area contributed by atoms with Gasteiger partial charge in [-0.3, -0.25) is 19.2 Å². The molecule has 240 valence electrons. The van der Waals surface area contributed by atoms with E-state index >= 15 is 0 Å². The van der Waals surface area contributed by atoms with Crippen LogP contribution in [-0.2, 0) is 9.59 Å². The molecular formula is C32H32Cl2O9S2. The number of thiophene rings is 2. The molecule has 0 amide bonds. The van der Waals surface area contributed by atoms with Gasteiger partial charge in [0, 0.05) is 57.5 Å². The van der Waals surface area contributed by atoms with E-state index < -0.39 is 11.9 Å². The van der Waals surface area contributed by atoms with Gasteiger partial charge in [0.1, 0.15) is 5.78 Å². The molecule has 1 N–H and O–H groups in total. The van der Waals surface area contributed by atoms with Crippen LogP contribution >= 0.6 is 45.9 Å². The predicted molar refractivity (Wildman–Crippen MR) is 177 cm³/mol. The minimum absolute atomic E-state index is 0.0400. The normalized spacial score (nSPS) is 12.6. The van der Waals surface area contributed by atoms with E-state index in [0.29, 0.717) is 59.7 Å². The number of fused-ring (bicyclic) bond motifs is 2. The summed E-state index contributed by atoms with van der Waals surface area (Å²) in [4.78, 5) is 49.1. The maximum absolute atomic E-state index is 12.8. The lowest BCUT2D eigenvalue weighted by atomic mass is 10.00. The molecule has 0 saturated heterocycles. The van der Waals surface area contributed by atoms with Crippen molar-refractivity contribution >= 4 is 89.4 Å². The van der Waals surface area contributed by atoms with Crippen molar-refractivity contribution in [1.82, 2.24) is 0 Å². The number of hydrogen-bond donors (Lipinski definition) is 1. The van der Waals surface area contributed by atoms with Crippen molar-refractivity contribution in [3.05, 3.63) is 44.1 Å². The molecule has 0 aliphatic rings. The van der Waals surface area contributed by atoms with Crippen LogP contribution in [0.4, 0.5) is 0 Å². The third-order valence-corrected chi connectivity index (χ3v) is 10.2. The lowest BCUT2D eigenvalue weighted by Gasteiger charge is -2.15. The Kier molecular flexibility index (Phi) is 11.4. The average Bonchev–Trinajstić information content (AvgIpc) is 3.63. The highest BCUT2D eigenvalue weighted by Gasteiger charge is 2.23. The van der Waals surface area contributed by atoms with Gasteiger partial charge in [-0.2, -0.15) is 0 Å². The summed E-state index contributed by atoms with van der Waals surface area (Å²) in [5.41, 5.74) is 0. The van der Waals surface area contributed by atoms with Crippen molar-refractivity contribution in [1.29, 1.82) is 0 Å². The van der Waals surface area contributed by atoms with Crippen molar-refractivity contribution < 1.29 is 43.2 Å². The van der Waals surface area contributed by atoms with Gasteiger partial charge in [-0.05, 0) is 19.1 Å². The van der Waals surface area contributed by atoms with Gasteiger partial charge in [-0.25, -0.2) is 0 Å². The monoisotopic (exact) mass is 694 g/mol. The smallest absolute Gasteiger partial charge is 0.306 e. The zero-order chi connectivity index (χ0) is 33.0. The van der Waals surface area contributed by atoms with Crippen molar-refractivity contribution in [3.8, 4) is 23.0 Å². The fourth-order valence-corrected chi connectivity index (χ4v) is 7.26. The standard InChI is InChI=1S/C32H32Cl2O9S2/c1-15(17(3)35)9-20(36)26-11-18-24(44-26)13-22(40-4)30(28(18)33)42-7-6-8-43-31-23(41-5)14-25-19(29(31)34)12-27(45-25)21(37)10-16(2)32(38)39/h11-16H,6-10H2,1-5H3,(H,38,39)/t15-,16-/m0/s1. The fourth-order valence-electron chi connectivity index (χ4n) is 4.44. The van der Waals surface area contributed by atoms with Crippen LogP contribution in [0.25, 0.3) is 20.2 Å². The Bertz CT molecular complexity index is 1650. The summed E-state index contributed by atoms with van der Waals surface area (Å²) in [5, 5.41) is 11.0. The molecule has 0 fully saturated rings. The number of rotatable bonds is 16. The largest absolute Gasteiger partial charge is 0.493 e. The Morgan fingerprint density at radius 1 is 0.756 bits per heavy atom. The number of Topliss-reactive ketones (excluding diaryl/α,β-unsaturated/α-hetero) is 3. The first-order valence-electron chi connectivity index (χ1n) is 14.0. The van der Waals surface area contributed by atoms with Crippen molar-refractivity contribution in [2.75, 3.05) is 27.4 Å². The van der Waals surface area contributed by atoms with Gasteiger partial charge < -0.3 is 24.1 Å². The molecule has 0 radical (unpaired) electrons. The topological polar surface area (TPSA) is 125 Å². The zero-order valence-electron chi connectivity index (χ0n) is 25.3. The van der Waals surface area contributed by atoms with E-state index in [0.717, 1.165) is 4.70 Å². The third kappa shape index (κ3) is 7.71. The number of benzene rings is 2. The Morgan fingerprint density at radius 2 is 1.18 bits per heavy atom. The summed E-state index contributed by atoms with van der Waals surface area (Å²) in [6.45, 7) is 5.12. The minimum Gasteiger partial charge on any atom is -0.493 e. The molecule has 0 saturated carbocycles. The molecule has 2 aromatic heterocycles. The van der Waals surface area contributed by atoms with E-state index in [9.17, 15) is 19.2 Å². The summed E-state index contributed by atoms with van der Waals surface area (Å²) in [6, 6.07) is 6.86. The van der Waals surface area contributed by atoms with Crippen LogP contribution in [-0.4, -0.2) is 55.9 Å². The first-order valence-corrected chi connectivity index (χ1v) is 16.4.